The molecule has 1 amide bonds. The number of hydrogen-bond acceptors (Lipinski definition) is 6. The monoisotopic (exact) mass is 506 g/mol. The molecular weight excluding hydrogens is 472 g/mol. The maximum atomic E-state index is 13.1. The lowest BCUT2D eigenvalue weighted by Gasteiger charge is -2.28. The third-order valence-electron chi connectivity index (χ3n) is 6.94. The Morgan fingerprint density at radius 1 is 1.23 bits per heavy atom. The summed E-state index contributed by atoms with van der Waals surface area (Å²) in [5, 5.41) is 27.0. The van der Waals surface area contributed by atoms with E-state index in [-0.39, 0.29) is 41.4 Å². The average Bonchev–Trinajstić information content (AvgIpc) is 2.99. The van der Waals surface area contributed by atoms with E-state index in [0.717, 1.165) is 51.6 Å². The van der Waals surface area contributed by atoms with E-state index in [0.29, 0.717) is 11.4 Å². The van der Waals surface area contributed by atoms with Crippen LogP contribution in [0.2, 0.25) is 5.02 Å². The molecule has 0 bridgehead atoms. The summed E-state index contributed by atoms with van der Waals surface area (Å²) < 4.78 is 8.51. The van der Waals surface area contributed by atoms with E-state index in [4.69, 9.17) is 16.3 Å². The fourth-order valence-corrected chi connectivity index (χ4v) is 4.89. The van der Waals surface area contributed by atoms with E-state index in [9.17, 15) is 19.8 Å². The molecule has 1 aliphatic heterocycles. The maximum absolute atomic E-state index is 13.1. The largest absolute Gasteiger partial charge is 0.389 e. The first-order chi connectivity index (χ1) is 16.8. The van der Waals surface area contributed by atoms with Crippen LogP contribution in [-0.4, -0.2) is 63.4 Å². The zero-order chi connectivity index (χ0) is 24.9. The molecule has 1 saturated carbocycles. The number of aromatic nitrogens is 2. The number of amides is 1. The summed E-state index contributed by atoms with van der Waals surface area (Å²) in [4.78, 5) is 26.1. The Hall–Kier alpha value is -2.17. The van der Waals surface area contributed by atoms with Gasteiger partial charge in [0.25, 0.3) is 5.91 Å². The molecule has 1 aromatic heterocycles. The Balaban J connectivity index is 1.47. The Kier molecular flexibility index (Phi) is 8.67. The molecule has 1 saturated heterocycles. The highest BCUT2D eigenvalue weighted by atomic mass is 35.5. The number of nitrogens with one attached hydrogen (secondary N) is 2. The quantitative estimate of drug-likeness (QED) is 0.305. The Labute approximate surface area is 210 Å². The van der Waals surface area contributed by atoms with Crippen molar-refractivity contribution in [3.05, 3.63) is 51.2 Å². The normalized spacial score (nSPS) is 19.1. The number of carbonyl (C=O) groups excluding carboxylic acids is 1. The van der Waals surface area contributed by atoms with Gasteiger partial charge in [0.2, 0.25) is 0 Å². The van der Waals surface area contributed by atoms with Gasteiger partial charge < -0.3 is 25.6 Å². The highest BCUT2D eigenvalue weighted by Gasteiger charge is 2.24. The van der Waals surface area contributed by atoms with Crippen LogP contribution in [-0.2, 0) is 11.3 Å². The van der Waals surface area contributed by atoms with Crippen LogP contribution in [0.3, 0.4) is 0 Å². The van der Waals surface area contributed by atoms with Gasteiger partial charge in [0, 0.05) is 30.9 Å². The Bertz CT molecular complexity index is 1070. The van der Waals surface area contributed by atoms with Crippen molar-refractivity contribution in [2.75, 3.05) is 19.7 Å². The zero-order valence-electron chi connectivity index (χ0n) is 20.1. The molecule has 1 aliphatic carbocycles. The number of aryl methyl sites for hydroxylation is 1. The lowest BCUT2D eigenvalue weighted by Crippen LogP contribution is -2.49. The predicted octanol–water partition coefficient (Wildman–Crippen LogP) is 1.97. The summed E-state index contributed by atoms with van der Waals surface area (Å²) in [6, 6.07) is 4.78. The molecule has 1 aromatic carbocycles. The van der Waals surface area contributed by atoms with Crippen molar-refractivity contribution in [3.8, 4) is 5.69 Å². The van der Waals surface area contributed by atoms with Gasteiger partial charge in [0.1, 0.15) is 6.23 Å². The molecule has 0 spiro atoms. The molecule has 2 aromatic rings. The number of halogens is 1. The van der Waals surface area contributed by atoms with E-state index in [1.807, 2.05) is 0 Å². The van der Waals surface area contributed by atoms with Crippen molar-refractivity contribution in [1.29, 1.82) is 0 Å². The van der Waals surface area contributed by atoms with Crippen LogP contribution in [0, 0.1) is 12.8 Å². The van der Waals surface area contributed by atoms with E-state index in [1.54, 1.807) is 31.3 Å². The molecular formula is C25H35ClN4O5. The van der Waals surface area contributed by atoms with Crippen LogP contribution >= 0.6 is 11.6 Å². The summed E-state index contributed by atoms with van der Waals surface area (Å²) in [6.45, 7) is 3.58. The minimum Gasteiger partial charge on any atom is -0.389 e. The van der Waals surface area contributed by atoms with Crippen molar-refractivity contribution >= 4 is 17.5 Å². The molecule has 192 valence electrons. The third kappa shape index (κ3) is 6.34. The maximum Gasteiger partial charge on any atom is 0.333 e. The second kappa shape index (κ2) is 11.7. The zero-order valence-corrected chi connectivity index (χ0v) is 20.8. The first-order valence-electron chi connectivity index (χ1n) is 12.4. The number of aliphatic hydroxyl groups excluding tert-OH is 2. The lowest BCUT2D eigenvalue weighted by atomic mass is 9.98. The fourth-order valence-electron chi connectivity index (χ4n) is 4.68. The molecule has 4 N–H and O–H groups in total. The van der Waals surface area contributed by atoms with Crippen LogP contribution in [0.25, 0.3) is 5.69 Å². The number of imidazole rings is 1. The first-order valence-corrected chi connectivity index (χ1v) is 12.8. The second-order valence-corrected chi connectivity index (χ2v) is 10.0. The fraction of sp³-hybridized carbons (Fsp3) is 0.600. The summed E-state index contributed by atoms with van der Waals surface area (Å²) in [5.74, 6) is -0.450. The van der Waals surface area contributed by atoms with Crippen LogP contribution in [0.4, 0.5) is 0 Å². The number of rotatable bonds is 9. The number of ether oxygens (including phenoxy) is 1. The minimum absolute atomic E-state index is 0.0265. The minimum atomic E-state index is -0.939. The highest BCUT2D eigenvalue weighted by Crippen LogP contribution is 2.26. The second-order valence-electron chi connectivity index (χ2n) is 9.64. The smallest absolute Gasteiger partial charge is 0.333 e. The van der Waals surface area contributed by atoms with Gasteiger partial charge in [-0.3, -0.25) is 13.9 Å². The van der Waals surface area contributed by atoms with Gasteiger partial charge in [-0.05, 0) is 38.0 Å². The van der Waals surface area contributed by atoms with Crippen LogP contribution in [0.5, 0.6) is 0 Å². The van der Waals surface area contributed by atoms with Gasteiger partial charge in [-0.15, -0.1) is 0 Å². The van der Waals surface area contributed by atoms with Crippen LogP contribution in [0.15, 0.2) is 29.2 Å². The van der Waals surface area contributed by atoms with Crippen molar-refractivity contribution < 1.29 is 19.7 Å². The number of carbonyl (C=O) groups is 1. The number of benzene rings is 1. The van der Waals surface area contributed by atoms with Crippen molar-refractivity contribution in [2.45, 2.75) is 70.4 Å². The predicted molar refractivity (Wildman–Crippen MR) is 133 cm³/mol. The average molecular weight is 507 g/mol. The van der Waals surface area contributed by atoms with Gasteiger partial charge in [-0.25, -0.2) is 4.79 Å². The van der Waals surface area contributed by atoms with Crippen LogP contribution in [0.1, 0.15) is 54.6 Å². The molecule has 10 heteroatoms. The number of nitrogens with zero attached hydrogens (tertiary/aromatic N) is 2. The molecule has 2 aliphatic rings. The topological polar surface area (TPSA) is 118 Å². The van der Waals surface area contributed by atoms with Gasteiger partial charge in [-0.2, -0.15) is 0 Å². The molecule has 0 radical (unpaired) electrons. The van der Waals surface area contributed by atoms with Gasteiger partial charge in [-0.1, -0.05) is 37.3 Å². The summed E-state index contributed by atoms with van der Waals surface area (Å²) in [6.07, 6.45) is 6.17. The van der Waals surface area contributed by atoms with E-state index < -0.39 is 18.2 Å². The van der Waals surface area contributed by atoms with E-state index in [1.165, 1.54) is 9.13 Å². The van der Waals surface area contributed by atoms with Crippen molar-refractivity contribution in [1.82, 2.24) is 19.8 Å². The lowest BCUT2D eigenvalue weighted by molar-refractivity contribution is -0.0347. The standard InChI is InChI=1S/C25H35ClN4O5/c1-16-13-30(25(34)29(16)14-19(31)15-35-20-11-27-12-20)18-8-9-22(26)21(10-18)24(33)28-23(32)17-6-4-2-3-5-7-17/h8-10,13,17,19-20,23,27,31-32H,2-7,11-12,14-15H2,1H3,(H,28,33). The Morgan fingerprint density at radius 2 is 1.94 bits per heavy atom. The molecule has 35 heavy (non-hydrogen) atoms. The number of aliphatic hydroxyl groups is 2. The number of hydrogen-bond donors (Lipinski definition) is 4. The molecule has 2 atom stereocenters. The van der Waals surface area contributed by atoms with E-state index in [2.05, 4.69) is 10.6 Å². The molecule has 2 fully saturated rings. The van der Waals surface area contributed by atoms with E-state index >= 15 is 0 Å². The highest BCUT2D eigenvalue weighted by molar-refractivity contribution is 6.33. The summed E-state index contributed by atoms with van der Waals surface area (Å²) in [5.41, 5.74) is 1.00. The molecule has 2 heterocycles. The van der Waals surface area contributed by atoms with Crippen molar-refractivity contribution in [3.63, 3.8) is 0 Å². The molecule has 2 unspecified atom stereocenters. The first kappa shape index (κ1) is 25.9. The molecule has 4 rings (SSSR count). The van der Waals surface area contributed by atoms with Gasteiger partial charge in [0.15, 0.2) is 0 Å². The van der Waals surface area contributed by atoms with Gasteiger partial charge >= 0.3 is 5.69 Å². The van der Waals surface area contributed by atoms with Crippen molar-refractivity contribution in [2.24, 2.45) is 5.92 Å². The third-order valence-corrected chi connectivity index (χ3v) is 7.27. The Morgan fingerprint density at radius 3 is 2.60 bits per heavy atom. The molecule has 9 nitrogen and oxygen atoms in total. The SMILES string of the molecule is Cc1cn(-c2ccc(Cl)c(C(=O)NC(O)C3CCCCCC3)c2)c(=O)n1CC(O)COC1CNC1. The summed E-state index contributed by atoms with van der Waals surface area (Å²) in [7, 11) is 0. The van der Waals surface area contributed by atoms with Gasteiger partial charge in [0.05, 0.1) is 41.6 Å². The van der Waals surface area contributed by atoms with Crippen LogP contribution < -0.4 is 16.3 Å². The summed E-state index contributed by atoms with van der Waals surface area (Å²) >= 11 is 6.31.